The van der Waals surface area contributed by atoms with Gasteiger partial charge in [0.25, 0.3) is 0 Å². The smallest absolute Gasteiger partial charge is 0.201 e. The van der Waals surface area contributed by atoms with E-state index in [1.165, 1.54) is 36.1 Å². The zero-order valence-electron chi connectivity index (χ0n) is 22.6. The molecular weight excluding hydrogens is 512 g/mol. The van der Waals surface area contributed by atoms with Crippen LogP contribution in [-0.2, 0) is 0 Å². The lowest BCUT2D eigenvalue weighted by Crippen LogP contribution is -2.47. The SMILES string of the molecule is O=C(CC12CC3CC(CC(C3)C1)C2)c1cn(-c2ccc(F)cc2F)c2nc(N3CCCCC3CO)ccc2c1=O. The van der Waals surface area contributed by atoms with Crippen LogP contribution in [0.25, 0.3) is 16.7 Å². The normalized spacial score (nSPS) is 29.3. The van der Waals surface area contributed by atoms with Gasteiger partial charge in [0.15, 0.2) is 11.4 Å². The number of aliphatic hydroxyl groups is 1. The Labute approximate surface area is 232 Å². The van der Waals surface area contributed by atoms with Crippen molar-refractivity contribution in [2.24, 2.45) is 23.2 Å². The van der Waals surface area contributed by atoms with Gasteiger partial charge in [-0.1, -0.05) is 0 Å². The molecule has 6 nitrogen and oxygen atoms in total. The van der Waals surface area contributed by atoms with Gasteiger partial charge in [0, 0.05) is 25.2 Å². The van der Waals surface area contributed by atoms with Crippen molar-refractivity contribution in [2.75, 3.05) is 18.1 Å². The number of Topliss-reactive ketones (excluding diaryl/α,β-unsaturated/α-hetero) is 1. The van der Waals surface area contributed by atoms with E-state index in [9.17, 15) is 19.1 Å². The molecule has 4 saturated carbocycles. The summed E-state index contributed by atoms with van der Waals surface area (Å²) >= 11 is 0. The number of halogens is 2. The molecule has 2 aromatic heterocycles. The minimum absolute atomic E-state index is 0.0170. The van der Waals surface area contributed by atoms with Crippen LogP contribution in [-0.4, -0.2) is 39.6 Å². The van der Waals surface area contributed by atoms with Crippen LogP contribution in [0, 0.1) is 34.8 Å². The second-order valence-corrected chi connectivity index (χ2v) is 12.9. The number of aromatic nitrogens is 2. The number of pyridine rings is 2. The molecule has 4 aliphatic carbocycles. The van der Waals surface area contributed by atoms with Gasteiger partial charge in [-0.15, -0.1) is 0 Å². The van der Waals surface area contributed by atoms with E-state index in [1.54, 1.807) is 12.1 Å². The summed E-state index contributed by atoms with van der Waals surface area (Å²) in [5.74, 6) is 0.905. The molecule has 1 unspecified atom stereocenters. The molecule has 1 saturated heterocycles. The summed E-state index contributed by atoms with van der Waals surface area (Å²) in [5.41, 5.74) is -0.180. The summed E-state index contributed by atoms with van der Waals surface area (Å²) in [6.07, 6.45) is 11.5. The number of hydrogen-bond acceptors (Lipinski definition) is 5. The van der Waals surface area contributed by atoms with Crippen LogP contribution in [0.5, 0.6) is 0 Å². The van der Waals surface area contributed by atoms with Crippen LogP contribution in [0.1, 0.15) is 74.6 Å². The van der Waals surface area contributed by atoms with E-state index < -0.39 is 17.1 Å². The minimum Gasteiger partial charge on any atom is -0.394 e. The van der Waals surface area contributed by atoms with Crippen LogP contribution in [0.4, 0.5) is 14.6 Å². The van der Waals surface area contributed by atoms with E-state index in [0.29, 0.717) is 36.5 Å². The van der Waals surface area contributed by atoms with Crippen LogP contribution >= 0.6 is 0 Å². The van der Waals surface area contributed by atoms with Crippen molar-refractivity contribution in [1.82, 2.24) is 9.55 Å². The van der Waals surface area contributed by atoms with Crippen molar-refractivity contribution in [3.8, 4) is 5.69 Å². The summed E-state index contributed by atoms with van der Waals surface area (Å²) in [7, 11) is 0. The Morgan fingerprint density at radius 2 is 1.75 bits per heavy atom. The molecule has 1 atom stereocenters. The van der Waals surface area contributed by atoms with Gasteiger partial charge in [-0.3, -0.25) is 14.2 Å². The molecule has 0 radical (unpaired) electrons. The van der Waals surface area contributed by atoms with Gasteiger partial charge in [0.1, 0.15) is 17.5 Å². The Morgan fingerprint density at radius 1 is 1.02 bits per heavy atom. The first-order valence-electron chi connectivity index (χ1n) is 14.7. The fourth-order valence-corrected chi connectivity index (χ4v) is 8.85. The molecule has 1 N–H and O–H groups in total. The summed E-state index contributed by atoms with van der Waals surface area (Å²) in [6, 6.07) is 6.58. The van der Waals surface area contributed by atoms with Gasteiger partial charge < -0.3 is 10.0 Å². The van der Waals surface area contributed by atoms with Crippen LogP contribution < -0.4 is 10.3 Å². The number of rotatable bonds is 6. The van der Waals surface area contributed by atoms with Crippen molar-refractivity contribution in [2.45, 2.75) is 70.3 Å². The first kappa shape index (κ1) is 25.8. The maximum Gasteiger partial charge on any atom is 0.201 e. The molecule has 5 aliphatic rings. The molecule has 3 heterocycles. The van der Waals surface area contributed by atoms with Gasteiger partial charge in [-0.25, -0.2) is 13.8 Å². The number of hydrogen-bond donors (Lipinski definition) is 1. The van der Waals surface area contributed by atoms with Gasteiger partial charge in [0.05, 0.1) is 29.3 Å². The number of fused-ring (bicyclic) bond motifs is 1. The van der Waals surface area contributed by atoms with Crippen molar-refractivity contribution in [3.05, 3.63) is 63.9 Å². The number of nitrogens with zero attached hydrogens (tertiary/aromatic N) is 3. The number of carbonyl (C=O) groups is 1. The lowest BCUT2D eigenvalue weighted by atomic mass is 9.48. The Morgan fingerprint density at radius 3 is 2.42 bits per heavy atom. The largest absolute Gasteiger partial charge is 0.394 e. The highest BCUT2D eigenvalue weighted by Gasteiger charge is 2.51. The van der Waals surface area contributed by atoms with Crippen LogP contribution in [0.3, 0.4) is 0 Å². The standard InChI is InChI=1S/C32H35F2N3O3/c33-22-4-6-27(26(34)12-22)37-17-25(28(39)16-32-13-19-9-20(14-32)11-21(10-19)15-32)30(40)24-5-7-29(35-31(24)37)36-8-2-1-3-23(36)18-38/h4-7,12,17,19-21,23,38H,1-3,8-11,13-16,18H2. The number of benzene rings is 1. The van der Waals surface area contributed by atoms with E-state index in [2.05, 4.69) is 0 Å². The molecule has 210 valence electrons. The zero-order valence-corrected chi connectivity index (χ0v) is 22.6. The van der Waals surface area contributed by atoms with Gasteiger partial charge in [-0.05, 0) is 105 Å². The Hall–Kier alpha value is -3.13. The Balaban J connectivity index is 1.34. The molecule has 3 aromatic rings. The number of aliphatic hydroxyl groups excluding tert-OH is 1. The van der Waals surface area contributed by atoms with Gasteiger partial charge >= 0.3 is 0 Å². The molecule has 0 spiro atoms. The third-order valence-corrected chi connectivity index (χ3v) is 10.1. The van der Waals surface area contributed by atoms with Gasteiger partial charge in [-0.2, -0.15) is 0 Å². The topological polar surface area (TPSA) is 75.4 Å². The van der Waals surface area contributed by atoms with Gasteiger partial charge in [0.2, 0.25) is 5.43 Å². The average molecular weight is 548 g/mol. The van der Waals surface area contributed by atoms with Crippen molar-refractivity contribution in [3.63, 3.8) is 0 Å². The fraction of sp³-hybridized carbons (Fsp3) is 0.531. The zero-order chi connectivity index (χ0) is 27.6. The van der Waals surface area contributed by atoms with Crippen molar-refractivity contribution < 1.29 is 18.7 Å². The minimum atomic E-state index is -0.803. The first-order chi connectivity index (χ1) is 19.3. The van der Waals surface area contributed by atoms with E-state index in [4.69, 9.17) is 4.98 Å². The summed E-state index contributed by atoms with van der Waals surface area (Å²) in [4.78, 5) is 34.5. The third kappa shape index (κ3) is 4.35. The maximum absolute atomic E-state index is 15.2. The quantitative estimate of drug-likeness (QED) is 0.395. The highest BCUT2D eigenvalue weighted by Crippen LogP contribution is 2.61. The van der Waals surface area contributed by atoms with Crippen molar-refractivity contribution >= 4 is 22.6 Å². The monoisotopic (exact) mass is 547 g/mol. The Bertz CT molecular complexity index is 1520. The molecule has 8 heteroatoms. The molecule has 40 heavy (non-hydrogen) atoms. The number of ketones is 1. The second-order valence-electron chi connectivity index (χ2n) is 12.9. The number of carbonyl (C=O) groups excluding carboxylic acids is 1. The highest BCUT2D eigenvalue weighted by atomic mass is 19.1. The lowest BCUT2D eigenvalue weighted by molar-refractivity contribution is -0.0524. The van der Waals surface area contributed by atoms with Crippen molar-refractivity contribution in [1.29, 1.82) is 0 Å². The average Bonchev–Trinajstić information content (AvgIpc) is 2.92. The highest BCUT2D eigenvalue weighted by molar-refractivity contribution is 5.99. The predicted octanol–water partition coefficient (Wildman–Crippen LogP) is 5.80. The summed E-state index contributed by atoms with van der Waals surface area (Å²) < 4.78 is 30.4. The molecule has 0 amide bonds. The molecule has 1 aliphatic heterocycles. The molecule has 8 rings (SSSR count). The molecular formula is C32H35F2N3O3. The number of piperidine rings is 1. The third-order valence-electron chi connectivity index (χ3n) is 10.1. The predicted molar refractivity (Wildman–Crippen MR) is 149 cm³/mol. The molecule has 5 fully saturated rings. The first-order valence-corrected chi connectivity index (χ1v) is 14.7. The van der Waals surface area contributed by atoms with E-state index in [1.807, 2.05) is 4.90 Å². The molecule has 1 aromatic carbocycles. The Kier molecular flexibility index (Phi) is 6.29. The van der Waals surface area contributed by atoms with E-state index in [0.717, 1.165) is 50.7 Å². The number of anilines is 1. The second kappa shape index (κ2) is 9.75. The van der Waals surface area contributed by atoms with E-state index >= 15 is 4.39 Å². The van der Waals surface area contributed by atoms with E-state index in [-0.39, 0.29) is 46.1 Å². The molecule has 4 bridgehead atoms. The summed E-state index contributed by atoms with van der Waals surface area (Å²) in [5, 5.41) is 10.2. The van der Waals surface area contributed by atoms with Crippen LogP contribution in [0.2, 0.25) is 0 Å². The maximum atomic E-state index is 15.2. The fourth-order valence-electron chi connectivity index (χ4n) is 8.85. The summed E-state index contributed by atoms with van der Waals surface area (Å²) in [6.45, 7) is 0.692. The lowest BCUT2D eigenvalue weighted by Gasteiger charge is -2.56. The van der Waals surface area contributed by atoms with Crippen LogP contribution in [0.15, 0.2) is 41.3 Å².